The van der Waals surface area contributed by atoms with Crippen LogP contribution in [0.5, 0.6) is 0 Å². The Balaban J connectivity index is 2.09. The van der Waals surface area contributed by atoms with Gasteiger partial charge in [0, 0.05) is 22.8 Å². The molecule has 27 heavy (non-hydrogen) atoms. The number of ketones is 1. The van der Waals surface area contributed by atoms with E-state index in [4.69, 9.17) is 0 Å². The lowest BCUT2D eigenvalue weighted by atomic mass is 9.98. The molecule has 0 saturated carbocycles. The second kappa shape index (κ2) is 8.48. The standard InChI is InChI=1S/C21H21BrN2O3/c1-2-3-6-13-24-18(16-7-4-5-12-23-16)17(20(26)21(24)27)19(25)14-8-10-15(22)11-9-14/h4-5,7-12,18,25H,2-3,6,13H2,1H3/b19-17-. The van der Waals surface area contributed by atoms with Gasteiger partial charge in [-0.05, 0) is 30.7 Å². The van der Waals surface area contributed by atoms with E-state index in [1.54, 1.807) is 42.6 Å². The molecule has 140 valence electrons. The first-order chi connectivity index (χ1) is 13.0. The van der Waals surface area contributed by atoms with Gasteiger partial charge in [-0.15, -0.1) is 0 Å². The van der Waals surface area contributed by atoms with Gasteiger partial charge >= 0.3 is 0 Å². The number of hydrogen-bond donors (Lipinski definition) is 1. The number of unbranched alkanes of at least 4 members (excludes halogenated alkanes) is 2. The minimum absolute atomic E-state index is 0.0949. The van der Waals surface area contributed by atoms with Crippen LogP contribution < -0.4 is 0 Å². The predicted octanol–water partition coefficient (Wildman–Crippen LogP) is 4.46. The minimum atomic E-state index is -0.674. The Morgan fingerprint density at radius 3 is 2.52 bits per heavy atom. The van der Waals surface area contributed by atoms with E-state index in [1.165, 1.54) is 4.90 Å². The molecule has 1 aliphatic heterocycles. The van der Waals surface area contributed by atoms with E-state index >= 15 is 0 Å². The molecule has 5 nitrogen and oxygen atoms in total. The first-order valence-corrected chi connectivity index (χ1v) is 9.79. The fourth-order valence-electron chi connectivity index (χ4n) is 3.25. The monoisotopic (exact) mass is 428 g/mol. The molecule has 1 saturated heterocycles. The van der Waals surface area contributed by atoms with Gasteiger partial charge in [-0.3, -0.25) is 14.6 Å². The number of nitrogens with zero attached hydrogens (tertiary/aromatic N) is 2. The Bertz CT molecular complexity index is 863. The lowest BCUT2D eigenvalue weighted by Crippen LogP contribution is -2.31. The Morgan fingerprint density at radius 2 is 1.89 bits per heavy atom. The third-order valence-corrected chi connectivity index (χ3v) is 5.16. The van der Waals surface area contributed by atoms with Gasteiger partial charge in [0.05, 0.1) is 11.3 Å². The van der Waals surface area contributed by atoms with Crippen LogP contribution in [0.1, 0.15) is 43.5 Å². The highest BCUT2D eigenvalue weighted by atomic mass is 79.9. The van der Waals surface area contributed by atoms with Crippen LogP contribution in [0.15, 0.2) is 58.7 Å². The molecule has 0 spiro atoms. The van der Waals surface area contributed by atoms with Gasteiger partial charge in [0.1, 0.15) is 11.8 Å². The molecule has 1 aliphatic rings. The highest BCUT2D eigenvalue weighted by Gasteiger charge is 2.46. The highest BCUT2D eigenvalue weighted by molar-refractivity contribution is 9.10. The molecule has 1 amide bonds. The summed E-state index contributed by atoms with van der Waals surface area (Å²) in [6.45, 7) is 2.54. The van der Waals surface area contributed by atoms with E-state index in [-0.39, 0.29) is 11.3 Å². The molecule has 1 unspecified atom stereocenters. The van der Waals surface area contributed by atoms with Crippen LogP contribution in [-0.2, 0) is 9.59 Å². The summed E-state index contributed by atoms with van der Waals surface area (Å²) in [5.74, 6) is -1.42. The van der Waals surface area contributed by atoms with Crippen molar-refractivity contribution in [1.29, 1.82) is 0 Å². The summed E-state index contributed by atoms with van der Waals surface area (Å²) in [7, 11) is 0. The molecule has 1 N–H and O–H groups in total. The van der Waals surface area contributed by atoms with Gasteiger partial charge in [-0.1, -0.05) is 53.9 Å². The average molecular weight is 429 g/mol. The lowest BCUT2D eigenvalue weighted by Gasteiger charge is -2.24. The van der Waals surface area contributed by atoms with Crippen molar-refractivity contribution in [3.8, 4) is 0 Å². The second-order valence-corrected chi connectivity index (χ2v) is 7.38. The van der Waals surface area contributed by atoms with Crippen LogP contribution in [0.25, 0.3) is 5.76 Å². The van der Waals surface area contributed by atoms with Gasteiger partial charge in [0.25, 0.3) is 11.7 Å². The topological polar surface area (TPSA) is 70.5 Å². The Hall–Kier alpha value is -2.47. The van der Waals surface area contributed by atoms with Crippen LogP contribution in [-0.4, -0.2) is 33.2 Å². The number of aliphatic hydroxyl groups is 1. The van der Waals surface area contributed by atoms with E-state index < -0.39 is 17.7 Å². The van der Waals surface area contributed by atoms with Crippen molar-refractivity contribution in [2.75, 3.05) is 6.54 Å². The number of aliphatic hydroxyl groups excluding tert-OH is 1. The molecule has 1 atom stereocenters. The number of pyridine rings is 1. The van der Waals surface area contributed by atoms with Gasteiger partial charge in [-0.2, -0.15) is 0 Å². The van der Waals surface area contributed by atoms with Crippen LogP contribution in [0.4, 0.5) is 0 Å². The van der Waals surface area contributed by atoms with Crippen molar-refractivity contribution < 1.29 is 14.7 Å². The van der Waals surface area contributed by atoms with Gasteiger partial charge in [0.2, 0.25) is 0 Å². The summed E-state index contributed by atoms with van der Waals surface area (Å²) in [5.41, 5.74) is 1.16. The number of benzene rings is 1. The first-order valence-electron chi connectivity index (χ1n) is 9.00. The summed E-state index contributed by atoms with van der Waals surface area (Å²) in [6, 6.07) is 11.7. The average Bonchev–Trinajstić information content (AvgIpc) is 2.94. The normalized spacial score (nSPS) is 18.9. The zero-order chi connectivity index (χ0) is 19.4. The predicted molar refractivity (Wildman–Crippen MR) is 107 cm³/mol. The molecular formula is C21H21BrN2O3. The second-order valence-electron chi connectivity index (χ2n) is 6.46. The number of halogens is 1. The molecule has 6 heteroatoms. The Kier molecular flexibility index (Phi) is 6.06. The zero-order valence-corrected chi connectivity index (χ0v) is 16.6. The van der Waals surface area contributed by atoms with Crippen molar-refractivity contribution in [3.63, 3.8) is 0 Å². The molecule has 2 heterocycles. The Morgan fingerprint density at radius 1 is 1.15 bits per heavy atom. The summed E-state index contributed by atoms with van der Waals surface area (Å²) in [5, 5.41) is 10.9. The zero-order valence-electron chi connectivity index (χ0n) is 15.1. The van der Waals surface area contributed by atoms with Crippen molar-refractivity contribution in [2.45, 2.75) is 32.2 Å². The van der Waals surface area contributed by atoms with E-state index in [0.717, 1.165) is 23.7 Å². The number of rotatable bonds is 6. The van der Waals surface area contributed by atoms with Gasteiger partial charge in [-0.25, -0.2) is 0 Å². The number of hydrogen-bond acceptors (Lipinski definition) is 4. The van der Waals surface area contributed by atoms with Crippen LogP contribution in [0.2, 0.25) is 0 Å². The van der Waals surface area contributed by atoms with Crippen LogP contribution >= 0.6 is 15.9 Å². The third-order valence-electron chi connectivity index (χ3n) is 4.63. The fourth-order valence-corrected chi connectivity index (χ4v) is 3.52. The first kappa shape index (κ1) is 19.3. The molecule has 1 aromatic heterocycles. The largest absolute Gasteiger partial charge is 0.507 e. The molecule has 0 aliphatic carbocycles. The maximum Gasteiger partial charge on any atom is 0.295 e. The summed E-state index contributed by atoms with van der Waals surface area (Å²) in [6.07, 6.45) is 4.40. The number of Topliss-reactive ketones (excluding diaryl/α,β-unsaturated/α-hetero) is 1. The maximum absolute atomic E-state index is 12.8. The molecular weight excluding hydrogens is 408 g/mol. The van der Waals surface area contributed by atoms with Crippen molar-refractivity contribution in [3.05, 3.63) is 70.0 Å². The summed E-state index contributed by atoms with van der Waals surface area (Å²) in [4.78, 5) is 31.3. The highest BCUT2D eigenvalue weighted by Crippen LogP contribution is 2.38. The summed E-state index contributed by atoms with van der Waals surface area (Å²) >= 11 is 3.36. The maximum atomic E-state index is 12.8. The summed E-state index contributed by atoms with van der Waals surface area (Å²) < 4.78 is 0.861. The number of carbonyl (C=O) groups excluding carboxylic acids is 2. The number of amides is 1. The molecule has 0 bridgehead atoms. The number of likely N-dealkylation sites (tertiary alicyclic amines) is 1. The lowest BCUT2D eigenvalue weighted by molar-refractivity contribution is -0.140. The SMILES string of the molecule is CCCCCN1C(=O)C(=O)/C(=C(\O)c2ccc(Br)cc2)C1c1ccccn1. The smallest absolute Gasteiger partial charge is 0.295 e. The van der Waals surface area contributed by atoms with Crippen LogP contribution in [0, 0.1) is 0 Å². The van der Waals surface area contributed by atoms with Gasteiger partial charge < -0.3 is 10.0 Å². The molecule has 1 fully saturated rings. The van der Waals surface area contributed by atoms with Crippen molar-refractivity contribution >= 4 is 33.4 Å². The van der Waals surface area contributed by atoms with Crippen LogP contribution in [0.3, 0.4) is 0 Å². The van der Waals surface area contributed by atoms with E-state index in [2.05, 4.69) is 27.8 Å². The quantitative estimate of drug-likeness (QED) is 0.319. The van der Waals surface area contributed by atoms with Crippen molar-refractivity contribution in [2.24, 2.45) is 0 Å². The number of carbonyl (C=O) groups is 2. The molecule has 0 radical (unpaired) electrons. The van der Waals surface area contributed by atoms with E-state index in [0.29, 0.717) is 17.8 Å². The minimum Gasteiger partial charge on any atom is -0.507 e. The van der Waals surface area contributed by atoms with E-state index in [9.17, 15) is 14.7 Å². The fraction of sp³-hybridized carbons (Fsp3) is 0.286. The van der Waals surface area contributed by atoms with E-state index in [1.807, 2.05) is 6.07 Å². The molecule has 2 aromatic rings. The third kappa shape index (κ3) is 3.95. The molecule has 1 aromatic carbocycles. The van der Waals surface area contributed by atoms with Crippen molar-refractivity contribution in [1.82, 2.24) is 9.88 Å². The Labute approximate surface area is 166 Å². The number of aromatic nitrogens is 1. The molecule has 3 rings (SSSR count). The van der Waals surface area contributed by atoms with Gasteiger partial charge in [0.15, 0.2) is 0 Å².